The maximum Gasteiger partial charge on any atom is 0.316 e. The van der Waals surface area contributed by atoms with Crippen molar-refractivity contribution in [2.45, 2.75) is 32.4 Å². The van der Waals surface area contributed by atoms with Crippen LogP contribution in [0.25, 0.3) is 0 Å². The molecule has 0 bridgehead atoms. The zero-order chi connectivity index (χ0) is 18.6. The largest absolute Gasteiger partial charge is 0.485 e. The lowest BCUT2D eigenvalue weighted by atomic mass is 10.2. The fourth-order valence-corrected chi connectivity index (χ4v) is 3.35. The Balaban J connectivity index is 1.28. The monoisotopic (exact) mass is 374 g/mol. The van der Waals surface area contributed by atoms with Crippen LogP contribution in [-0.2, 0) is 6.61 Å². The predicted molar refractivity (Wildman–Crippen MR) is 93.8 cm³/mol. The predicted octanol–water partition coefficient (Wildman–Crippen LogP) is 1.59. The summed E-state index contributed by atoms with van der Waals surface area (Å²) >= 11 is 0. The molecule has 2 aliphatic rings. The molecule has 2 aliphatic heterocycles. The van der Waals surface area contributed by atoms with Crippen LogP contribution >= 0.6 is 0 Å². The number of fused-ring (bicyclic) bond motifs is 1. The van der Waals surface area contributed by atoms with E-state index in [1.54, 1.807) is 18.2 Å². The second kappa shape index (κ2) is 7.83. The number of carbonyl (C=O) groups is 1. The highest BCUT2D eigenvalue weighted by molar-refractivity contribution is 5.89. The first-order valence-corrected chi connectivity index (χ1v) is 9.10. The lowest BCUT2D eigenvalue weighted by Gasteiger charge is -2.22. The van der Waals surface area contributed by atoms with E-state index in [1.807, 2.05) is 0 Å². The van der Waals surface area contributed by atoms with E-state index >= 15 is 0 Å². The lowest BCUT2D eigenvalue weighted by molar-refractivity contribution is 0.0897. The summed E-state index contributed by atoms with van der Waals surface area (Å²) in [6, 6.07) is 5.64. The smallest absolute Gasteiger partial charge is 0.316 e. The molecule has 1 atom stereocenters. The Morgan fingerprint density at radius 1 is 1.37 bits per heavy atom. The van der Waals surface area contributed by atoms with Crippen molar-refractivity contribution in [1.82, 2.24) is 20.4 Å². The van der Waals surface area contributed by atoms with E-state index in [-0.39, 0.29) is 25.2 Å². The van der Waals surface area contributed by atoms with Gasteiger partial charge in [0.1, 0.15) is 5.75 Å². The van der Waals surface area contributed by atoms with E-state index in [4.69, 9.17) is 18.7 Å². The highest BCUT2D eigenvalue weighted by Gasteiger charge is 2.24. The van der Waals surface area contributed by atoms with Gasteiger partial charge < -0.3 is 24.1 Å². The van der Waals surface area contributed by atoms with Gasteiger partial charge in [-0.05, 0) is 38.1 Å². The molecule has 1 aromatic heterocycles. The Labute approximate surface area is 156 Å². The van der Waals surface area contributed by atoms with Gasteiger partial charge in [-0.2, -0.15) is 4.98 Å². The molecular formula is C18H22N4O5. The maximum absolute atomic E-state index is 12.2. The molecule has 9 nitrogen and oxygen atoms in total. The zero-order valence-electron chi connectivity index (χ0n) is 15.1. The number of amides is 1. The number of aromatic nitrogens is 2. The Morgan fingerprint density at radius 2 is 2.26 bits per heavy atom. The normalized spacial score (nSPS) is 18.6. The van der Waals surface area contributed by atoms with Gasteiger partial charge in [-0.15, -0.1) is 0 Å². The first-order chi connectivity index (χ1) is 13.2. The minimum Gasteiger partial charge on any atom is -0.485 e. The van der Waals surface area contributed by atoms with Gasteiger partial charge in [0.25, 0.3) is 0 Å². The molecule has 0 saturated carbocycles. The van der Waals surface area contributed by atoms with E-state index in [2.05, 4.69) is 27.3 Å². The number of likely N-dealkylation sites (N-methyl/N-ethyl adjacent to an activating group) is 1. The summed E-state index contributed by atoms with van der Waals surface area (Å²) in [5.41, 5.74) is 0. The maximum atomic E-state index is 12.2. The van der Waals surface area contributed by atoms with Gasteiger partial charge in [0.2, 0.25) is 12.6 Å². The van der Waals surface area contributed by atoms with Gasteiger partial charge in [0, 0.05) is 18.7 Å². The standard InChI is InChI=1S/C18H22N4O5/c1-2-22-7-3-4-12(22)9-19-17(23)18-20-16(21-27-18)10-24-13-5-6-14-15(8-13)26-11-25-14/h5-6,8,12H,2-4,7,9-11H2,1H3,(H,19,23). The van der Waals surface area contributed by atoms with Crippen LogP contribution in [0, 0.1) is 0 Å². The summed E-state index contributed by atoms with van der Waals surface area (Å²) in [6.45, 7) is 5.08. The minimum absolute atomic E-state index is 0.0552. The Bertz CT molecular complexity index is 809. The van der Waals surface area contributed by atoms with Crippen molar-refractivity contribution >= 4 is 5.91 Å². The number of hydrogen-bond donors (Lipinski definition) is 1. The lowest BCUT2D eigenvalue weighted by Crippen LogP contribution is -2.40. The molecule has 27 heavy (non-hydrogen) atoms. The van der Waals surface area contributed by atoms with Crippen molar-refractivity contribution in [2.24, 2.45) is 0 Å². The van der Waals surface area contributed by atoms with Gasteiger partial charge in [-0.25, -0.2) is 0 Å². The van der Waals surface area contributed by atoms with Gasteiger partial charge in [0.05, 0.1) is 0 Å². The highest BCUT2D eigenvalue weighted by Crippen LogP contribution is 2.35. The molecule has 0 aliphatic carbocycles. The third kappa shape index (κ3) is 3.97. The molecule has 1 N–H and O–H groups in total. The topological polar surface area (TPSA) is 99.0 Å². The van der Waals surface area contributed by atoms with Crippen LogP contribution in [0.15, 0.2) is 22.7 Å². The molecule has 1 unspecified atom stereocenters. The van der Waals surface area contributed by atoms with Gasteiger partial charge in [-0.3, -0.25) is 9.69 Å². The van der Waals surface area contributed by atoms with E-state index in [9.17, 15) is 4.79 Å². The molecule has 3 heterocycles. The summed E-state index contributed by atoms with van der Waals surface area (Å²) < 4.78 is 21.2. The van der Waals surface area contributed by atoms with Gasteiger partial charge in [0.15, 0.2) is 18.1 Å². The molecule has 1 amide bonds. The first kappa shape index (κ1) is 17.6. The SMILES string of the molecule is CCN1CCCC1CNC(=O)c1nc(COc2ccc3c(c2)OCO3)no1. The molecule has 9 heteroatoms. The van der Waals surface area contributed by atoms with Crippen LogP contribution in [0.3, 0.4) is 0 Å². The number of ether oxygens (including phenoxy) is 3. The highest BCUT2D eigenvalue weighted by atomic mass is 16.7. The van der Waals surface area contributed by atoms with E-state index in [0.717, 1.165) is 25.9 Å². The molecule has 0 radical (unpaired) electrons. The number of likely N-dealkylation sites (tertiary alicyclic amines) is 1. The molecular weight excluding hydrogens is 352 g/mol. The third-order valence-electron chi connectivity index (χ3n) is 4.78. The van der Waals surface area contributed by atoms with Gasteiger partial charge in [-0.1, -0.05) is 12.1 Å². The molecule has 1 aromatic carbocycles. The van der Waals surface area contributed by atoms with Crippen molar-refractivity contribution in [3.05, 3.63) is 29.9 Å². The second-order valence-corrected chi connectivity index (χ2v) is 6.45. The van der Waals surface area contributed by atoms with Crippen LogP contribution in [-0.4, -0.2) is 53.4 Å². The molecule has 1 saturated heterocycles. The number of nitrogens with zero attached hydrogens (tertiary/aromatic N) is 3. The summed E-state index contributed by atoms with van der Waals surface area (Å²) in [5.74, 6) is 1.79. The number of rotatable bonds is 7. The third-order valence-corrected chi connectivity index (χ3v) is 4.78. The summed E-state index contributed by atoms with van der Waals surface area (Å²) in [4.78, 5) is 18.7. The van der Waals surface area contributed by atoms with E-state index in [0.29, 0.717) is 35.7 Å². The average Bonchev–Trinajstić information content (AvgIpc) is 3.44. The molecule has 2 aromatic rings. The number of benzene rings is 1. The minimum atomic E-state index is -0.361. The Hall–Kier alpha value is -2.81. The number of nitrogens with one attached hydrogen (secondary N) is 1. The van der Waals surface area contributed by atoms with Crippen molar-refractivity contribution in [3.63, 3.8) is 0 Å². The van der Waals surface area contributed by atoms with Crippen LogP contribution in [0.1, 0.15) is 36.3 Å². The van der Waals surface area contributed by atoms with Crippen LogP contribution in [0.5, 0.6) is 17.2 Å². The Kier molecular flexibility index (Phi) is 5.10. The Morgan fingerprint density at radius 3 is 3.15 bits per heavy atom. The van der Waals surface area contributed by atoms with Crippen LogP contribution < -0.4 is 19.5 Å². The van der Waals surface area contributed by atoms with Crippen molar-refractivity contribution in [2.75, 3.05) is 26.4 Å². The van der Waals surface area contributed by atoms with Crippen molar-refractivity contribution in [1.29, 1.82) is 0 Å². The summed E-state index contributed by atoms with van der Waals surface area (Å²) in [7, 11) is 0. The van der Waals surface area contributed by atoms with E-state index in [1.165, 1.54) is 0 Å². The first-order valence-electron chi connectivity index (χ1n) is 9.10. The zero-order valence-corrected chi connectivity index (χ0v) is 15.1. The quantitative estimate of drug-likeness (QED) is 0.780. The van der Waals surface area contributed by atoms with Crippen molar-refractivity contribution < 1.29 is 23.5 Å². The summed E-state index contributed by atoms with van der Waals surface area (Å²) in [6.07, 6.45) is 2.25. The fraction of sp³-hybridized carbons (Fsp3) is 0.500. The number of carbonyl (C=O) groups excluding carboxylic acids is 1. The van der Waals surface area contributed by atoms with Crippen molar-refractivity contribution in [3.8, 4) is 17.2 Å². The number of hydrogen-bond acceptors (Lipinski definition) is 8. The van der Waals surface area contributed by atoms with Gasteiger partial charge >= 0.3 is 11.8 Å². The van der Waals surface area contributed by atoms with E-state index < -0.39 is 0 Å². The molecule has 0 spiro atoms. The van der Waals surface area contributed by atoms with Crippen LogP contribution in [0.2, 0.25) is 0 Å². The summed E-state index contributed by atoms with van der Waals surface area (Å²) in [5, 5.41) is 6.67. The second-order valence-electron chi connectivity index (χ2n) is 6.45. The fourth-order valence-electron chi connectivity index (χ4n) is 3.35. The molecule has 1 fully saturated rings. The molecule has 144 valence electrons. The average molecular weight is 374 g/mol. The molecule has 4 rings (SSSR count). The van der Waals surface area contributed by atoms with Crippen LogP contribution in [0.4, 0.5) is 0 Å².